The molecular formula is C44H36N4O8S. The Bertz CT molecular complexity index is 2610. The lowest BCUT2D eigenvalue weighted by Gasteiger charge is -2.36. The van der Waals surface area contributed by atoms with Crippen molar-refractivity contribution < 1.29 is 39.2 Å². The number of benzene rings is 5. The SMILES string of the molecule is Nc1nc2c(O)cc(C#CCNc3cccc(CCC(=O)CCCCNC(=O)c4ccc5c(c4)C(=O)OC54c5ccc(O)cc5Oc5cc(O)ccc54)c3)cc2s1. The number of unbranched alkanes of at least 4 members (excludes halogenated alkanes) is 1. The van der Waals surface area contributed by atoms with Crippen molar-refractivity contribution in [3.63, 3.8) is 0 Å². The molecule has 0 saturated heterocycles. The zero-order valence-corrected chi connectivity index (χ0v) is 31.2. The first-order chi connectivity index (χ1) is 27.6. The van der Waals surface area contributed by atoms with Gasteiger partial charge in [0.2, 0.25) is 0 Å². The number of nitrogens with one attached hydrogen (secondary N) is 2. The number of nitrogens with two attached hydrogens (primary N) is 1. The average Bonchev–Trinajstić information content (AvgIpc) is 3.71. The highest BCUT2D eigenvalue weighted by molar-refractivity contribution is 7.22. The van der Waals surface area contributed by atoms with E-state index in [9.17, 15) is 29.7 Å². The molecule has 13 heteroatoms. The molecule has 0 atom stereocenters. The Balaban J connectivity index is 0.808. The van der Waals surface area contributed by atoms with E-state index < -0.39 is 11.6 Å². The van der Waals surface area contributed by atoms with Crippen LogP contribution in [0, 0.1) is 11.8 Å². The van der Waals surface area contributed by atoms with Gasteiger partial charge in [0, 0.05) is 65.0 Å². The minimum atomic E-state index is -1.41. The Morgan fingerprint density at radius 3 is 2.39 bits per heavy atom. The van der Waals surface area contributed by atoms with Crippen LogP contribution in [0.5, 0.6) is 28.7 Å². The van der Waals surface area contributed by atoms with Crippen LogP contribution in [0.2, 0.25) is 0 Å². The van der Waals surface area contributed by atoms with Gasteiger partial charge in [-0.1, -0.05) is 41.4 Å². The van der Waals surface area contributed by atoms with Crippen LogP contribution in [-0.2, 0) is 21.6 Å². The minimum absolute atomic E-state index is 0.0408. The van der Waals surface area contributed by atoms with Gasteiger partial charge in [0.15, 0.2) is 10.7 Å². The van der Waals surface area contributed by atoms with Crippen LogP contribution in [-0.4, -0.2) is 51.1 Å². The molecule has 5 aromatic carbocycles. The molecule has 12 nitrogen and oxygen atoms in total. The number of aromatic nitrogens is 1. The topological polar surface area (TPSA) is 193 Å². The molecule has 0 bridgehead atoms. The van der Waals surface area contributed by atoms with E-state index in [-0.39, 0.29) is 51.6 Å². The van der Waals surface area contributed by atoms with Crippen LogP contribution in [0.4, 0.5) is 10.8 Å². The maximum atomic E-state index is 13.4. The van der Waals surface area contributed by atoms with E-state index in [1.807, 2.05) is 30.3 Å². The molecule has 3 heterocycles. The van der Waals surface area contributed by atoms with Gasteiger partial charge in [-0.25, -0.2) is 9.78 Å². The molecular weight excluding hydrogens is 745 g/mol. The molecule has 2 aliphatic rings. The van der Waals surface area contributed by atoms with Crippen molar-refractivity contribution in [1.29, 1.82) is 0 Å². The number of hydrogen-bond acceptors (Lipinski definition) is 12. The molecule has 2 aliphatic heterocycles. The summed E-state index contributed by atoms with van der Waals surface area (Å²) in [5.41, 5.74) is 9.42. The Morgan fingerprint density at radius 1 is 0.860 bits per heavy atom. The lowest BCUT2D eigenvalue weighted by atomic mass is 9.77. The van der Waals surface area contributed by atoms with E-state index in [4.69, 9.17) is 15.2 Å². The number of phenolic OH excluding ortho intramolecular Hbond substituents is 3. The summed E-state index contributed by atoms with van der Waals surface area (Å²) < 4.78 is 12.9. The summed E-state index contributed by atoms with van der Waals surface area (Å²) in [4.78, 5) is 43.4. The summed E-state index contributed by atoms with van der Waals surface area (Å²) in [6.07, 6.45) is 2.62. The number of rotatable bonds is 11. The van der Waals surface area contributed by atoms with Gasteiger partial charge in [-0.3, -0.25) is 9.59 Å². The van der Waals surface area contributed by atoms with Crippen molar-refractivity contribution in [3.05, 3.63) is 130 Å². The number of aryl methyl sites for hydroxylation is 1. The van der Waals surface area contributed by atoms with Crippen LogP contribution >= 0.6 is 11.3 Å². The van der Waals surface area contributed by atoms with Crippen molar-refractivity contribution in [2.45, 2.75) is 37.7 Å². The third-order valence-corrected chi connectivity index (χ3v) is 10.8. The van der Waals surface area contributed by atoms with Crippen LogP contribution in [0.15, 0.2) is 91.0 Å². The molecule has 7 N–H and O–H groups in total. The molecule has 0 saturated carbocycles. The molecule has 1 spiro atoms. The number of amides is 1. The fraction of sp³-hybridized carbons (Fsp3) is 0.182. The Kier molecular flexibility index (Phi) is 9.87. The Morgan fingerprint density at radius 2 is 1.61 bits per heavy atom. The zero-order valence-electron chi connectivity index (χ0n) is 30.4. The number of carbonyl (C=O) groups excluding carboxylic acids is 3. The minimum Gasteiger partial charge on any atom is -0.508 e. The molecule has 0 radical (unpaired) electrons. The molecule has 0 unspecified atom stereocenters. The average molecular weight is 781 g/mol. The number of hydrogen-bond donors (Lipinski definition) is 6. The third kappa shape index (κ3) is 7.38. The summed E-state index contributed by atoms with van der Waals surface area (Å²) in [6.45, 7) is 0.747. The van der Waals surface area contributed by atoms with Crippen molar-refractivity contribution in [2.24, 2.45) is 0 Å². The van der Waals surface area contributed by atoms with Gasteiger partial charge >= 0.3 is 5.97 Å². The standard InChI is InChI=1S/C44H36N4O8S/c45-43-48-40-36(52)20-26(21-39(40)57-43)6-4-18-46-28-7-3-5-25(19-28)9-11-29(49)8-1-2-17-47-41(53)27-10-14-33-32(22-27)42(54)56-44(33)34-15-12-30(50)23-37(34)55-38-24-31(51)13-16-35(38)44/h3,5,7,10,12-16,19-24,46,50-52H,1-2,8-9,11,17-18H2,(H2,45,48)(H,47,53). The fourth-order valence-electron chi connectivity index (χ4n) is 7.24. The first-order valence-electron chi connectivity index (χ1n) is 18.3. The van der Waals surface area contributed by atoms with Gasteiger partial charge in [-0.15, -0.1) is 0 Å². The first kappa shape index (κ1) is 36.9. The molecule has 8 rings (SSSR count). The maximum absolute atomic E-state index is 13.4. The second-order valence-electron chi connectivity index (χ2n) is 13.8. The number of carbonyl (C=O) groups is 3. The van der Waals surface area contributed by atoms with Gasteiger partial charge in [-0.2, -0.15) is 0 Å². The van der Waals surface area contributed by atoms with Gasteiger partial charge < -0.3 is 41.2 Å². The predicted molar refractivity (Wildman–Crippen MR) is 215 cm³/mol. The van der Waals surface area contributed by atoms with Gasteiger partial charge in [0.1, 0.15) is 40.0 Å². The highest BCUT2D eigenvalue weighted by atomic mass is 32.1. The number of nitrogens with zero attached hydrogens (tertiary/aromatic N) is 1. The number of nitrogen functional groups attached to an aromatic ring is 1. The van der Waals surface area contributed by atoms with E-state index in [2.05, 4.69) is 27.5 Å². The Hall–Kier alpha value is -7.04. The van der Waals surface area contributed by atoms with Gasteiger partial charge in [0.05, 0.1) is 16.8 Å². The maximum Gasteiger partial charge on any atom is 0.340 e. The van der Waals surface area contributed by atoms with Crippen molar-refractivity contribution in [2.75, 3.05) is 24.1 Å². The van der Waals surface area contributed by atoms with E-state index in [1.54, 1.807) is 30.3 Å². The highest BCUT2D eigenvalue weighted by Gasteiger charge is 2.53. The number of anilines is 2. The smallest absolute Gasteiger partial charge is 0.340 e. The molecule has 286 valence electrons. The van der Waals surface area contributed by atoms with E-state index in [1.165, 1.54) is 41.7 Å². The van der Waals surface area contributed by atoms with Crippen LogP contribution in [0.1, 0.15) is 74.2 Å². The highest BCUT2D eigenvalue weighted by Crippen LogP contribution is 2.57. The monoisotopic (exact) mass is 780 g/mol. The molecule has 6 aromatic rings. The number of ether oxygens (including phenoxy) is 2. The second kappa shape index (κ2) is 15.2. The summed E-state index contributed by atoms with van der Waals surface area (Å²) in [5, 5.41) is 37.0. The van der Waals surface area contributed by atoms with E-state index in [0.29, 0.717) is 78.1 Å². The lowest BCUT2D eigenvalue weighted by molar-refractivity contribution is -0.119. The summed E-state index contributed by atoms with van der Waals surface area (Å²) >= 11 is 1.30. The molecule has 1 amide bonds. The molecule has 0 fully saturated rings. The van der Waals surface area contributed by atoms with Crippen LogP contribution in [0.3, 0.4) is 0 Å². The van der Waals surface area contributed by atoms with Crippen molar-refractivity contribution >= 4 is 50.0 Å². The number of phenols is 3. The summed E-state index contributed by atoms with van der Waals surface area (Å²) in [6, 6.07) is 25.1. The van der Waals surface area contributed by atoms with Crippen molar-refractivity contribution in [1.82, 2.24) is 10.3 Å². The number of thiazole rings is 1. The summed E-state index contributed by atoms with van der Waals surface area (Å²) in [5.74, 6) is 5.78. The number of ketones is 1. The number of esters is 1. The number of Topliss-reactive ketones (excluding diaryl/α,β-unsaturated/α-hetero) is 1. The summed E-state index contributed by atoms with van der Waals surface area (Å²) in [7, 11) is 0. The number of fused-ring (bicyclic) bond motifs is 7. The van der Waals surface area contributed by atoms with Gasteiger partial charge in [-0.05, 0) is 85.5 Å². The molecule has 0 aliphatic carbocycles. The largest absolute Gasteiger partial charge is 0.508 e. The lowest BCUT2D eigenvalue weighted by Crippen LogP contribution is -2.33. The normalized spacial score (nSPS) is 13.1. The van der Waals surface area contributed by atoms with Crippen molar-refractivity contribution in [3.8, 4) is 40.6 Å². The first-order valence-corrected chi connectivity index (χ1v) is 19.1. The quantitative estimate of drug-likeness (QED) is 0.0445. The van der Waals surface area contributed by atoms with E-state index in [0.717, 1.165) is 16.0 Å². The van der Waals surface area contributed by atoms with Crippen LogP contribution < -0.4 is 21.1 Å². The third-order valence-electron chi connectivity index (χ3n) is 9.93. The molecule has 1 aromatic heterocycles. The fourth-order valence-corrected chi connectivity index (χ4v) is 8.03. The van der Waals surface area contributed by atoms with E-state index >= 15 is 0 Å². The Labute approximate surface area is 330 Å². The van der Waals surface area contributed by atoms with Gasteiger partial charge in [0.25, 0.3) is 5.91 Å². The predicted octanol–water partition coefficient (Wildman–Crippen LogP) is 7.13. The second-order valence-corrected chi connectivity index (χ2v) is 14.9. The number of aromatic hydroxyl groups is 3. The van der Waals surface area contributed by atoms with Crippen LogP contribution in [0.25, 0.3) is 10.2 Å². The molecule has 57 heavy (non-hydrogen) atoms. The zero-order chi connectivity index (χ0) is 39.7.